The van der Waals surface area contributed by atoms with Gasteiger partial charge in [-0.3, -0.25) is 0 Å². The zero-order valence-corrected chi connectivity index (χ0v) is 9.72. The van der Waals surface area contributed by atoms with Crippen LogP contribution in [0.4, 0.5) is 17.6 Å². The van der Waals surface area contributed by atoms with E-state index in [2.05, 4.69) is 4.98 Å². The van der Waals surface area contributed by atoms with E-state index in [1.54, 1.807) is 13.0 Å². The van der Waals surface area contributed by atoms with Gasteiger partial charge in [0.1, 0.15) is 11.6 Å². The van der Waals surface area contributed by atoms with Crippen LogP contribution in [-0.2, 0) is 13.2 Å². The normalized spacial score (nSPS) is 11.9. The Labute approximate surface area is 101 Å². The fraction of sp³-hybridized carbons (Fsp3) is 0.250. The van der Waals surface area contributed by atoms with E-state index in [0.717, 1.165) is 10.8 Å². The lowest BCUT2D eigenvalue weighted by Crippen LogP contribution is -2.05. The minimum atomic E-state index is -4.53. The van der Waals surface area contributed by atoms with Crippen LogP contribution < -0.4 is 0 Å². The summed E-state index contributed by atoms with van der Waals surface area (Å²) in [5.41, 5.74) is -0.278. The van der Waals surface area contributed by atoms with Crippen molar-refractivity contribution >= 4 is 0 Å². The lowest BCUT2D eigenvalue weighted by molar-refractivity contribution is -0.140. The van der Waals surface area contributed by atoms with Crippen molar-refractivity contribution in [2.45, 2.75) is 13.1 Å². The number of nitrogens with zero attached hydrogens (tertiary/aromatic N) is 2. The first-order valence-corrected chi connectivity index (χ1v) is 5.16. The number of aromatic nitrogens is 2. The van der Waals surface area contributed by atoms with E-state index < -0.39 is 17.7 Å². The monoisotopic (exact) mass is 258 g/mol. The topological polar surface area (TPSA) is 17.8 Å². The van der Waals surface area contributed by atoms with Gasteiger partial charge in [0.15, 0.2) is 5.69 Å². The molecular weight excluding hydrogens is 248 g/mol. The molecule has 0 N–H and O–H groups in total. The molecule has 96 valence electrons. The third-order valence-electron chi connectivity index (χ3n) is 2.53. The van der Waals surface area contributed by atoms with Crippen molar-refractivity contribution in [3.05, 3.63) is 41.5 Å². The maximum Gasteiger partial charge on any atom is 0.434 e. The first kappa shape index (κ1) is 12.6. The molecule has 0 aliphatic carbocycles. The lowest BCUT2D eigenvalue weighted by Gasteiger charge is -2.04. The average molecular weight is 258 g/mol. The third kappa shape index (κ3) is 2.23. The molecule has 0 saturated carbocycles. The Balaban J connectivity index is 2.55. The van der Waals surface area contributed by atoms with Crippen molar-refractivity contribution in [3.63, 3.8) is 0 Å². The molecule has 0 amide bonds. The van der Waals surface area contributed by atoms with Crippen molar-refractivity contribution in [3.8, 4) is 11.4 Å². The summed E-state index contributed by atoms with van der Waals surface area (Å²) in [5, 5.41) is 0. The maximum absolute atomic E-state index is 13.7. The number of hydrogen-bond acceptors (Lipinski definition) is 1. The summed E-state index contributed by atoms with van der Waals surface area (Å²) in [5.74, 6) is -0.628. The SMILES string of the molecule is Cc1ccc(-c2nc(C(F)(F)F)cn2C)c(F)c1. The molecule has 0 spiro atoms. The summed E-state index contributed by atoms with van der Waals surface area (Å²) in [7, 11) is 1.40. The van der Waals surface area contributed by atoms with Crippen LogP contribution >= 0.6 is 0 Å². The average Bonchev–Trinajstić information content (AvgIpc) is 2.60. The highest BCUT2D eigenvalue weighted by Crippen LogP contribution is 2.31. The molecular formula is C12H10F4N2. The van der Waals surface area contributed by atoms with Gasteiger partial charge >= 0.3 is 6.18 Å². The minimum absolute atomic E-state index is 0.0418. The molecule has 1 aromatic carbocycles. The van der Waals surface area contributed by atoms with Crippen LogP contribution in [0.2, 0.25) is 0 Å². The fourth-order valence-electron chi connectivity index (χ4n) is 1.65. The minimum Gasteiger partial charge on any atom is -0.333 e. The molecule has 0 radical (unpaired) electrons. The zero-order chi connectivity index (χ0) is 13.5. The molecule has 1 aromatic heterocycles. The van der Waals surface area contributed by atoms with Gasteiger partial charge in [-0.05, 0) is 24.6 Å². The number of rotatable bonds is 1. The molecule has 1 heterocycles. The second-order valence-corrected chi connectivity index (χ2v) is 4.04. The van der Waals surface area contributed by atoms with Gasteiger partial charge in [0.25, 0.3) is 0 Å². The van der Waals surface area contributed by atoms with Gasteiger partial charge in [-0.1, -0.05) is 6.07 Å². The Morgan fingerprint density at radius 3 is 2.39 bits per heavy atom. The van der Waals surface area contributed by atoms with Crippen LogP contribution in [0.5, 0.6) is 0 Å². The standard InChI is InChI=1S/C12H10F4N2/c1-7-3-4-8(9(13)5-7)11-17-10(6-18(11)2)12(14,15)16/h3-6H,1-2H3. The first-order valence-electron chi connectivity index (χ1n) is 5.16. The van der Waals surface area contributed by atoms with Crippen LogP contribution in [0.25, 0.3) is 11.4 Å². The zero-order valence-electron chi connectivity index (χ0n) is 9.72. The van der Waals surface area contributed by atoms with E-state index in [-0.39, 0.29) is 11.4 Å². The van der Waals surface area contributed by atoms with Gasteiger partial charge in [0, 0.05) is 13.2 Å². The highest BCUT2D eigenvalue weighted by molar-refractivity contribution is 5.57. The van der Waals surface area contributed by atoms with Gasteiger partial charge < -0.3 is 4.57 Å². The predicted molar refractivity (Wildman–Crippen MR) is 58.3 cm³/mol. The molecule has 0 unspecified atom stereocenters. The van der Waals surface area contributed by atoms with Gasteiger partial charge in [-0.25, -0.2) is 9.37 Å². The number of hydrogen-bond donors (Lipinski definition) is 0. The fourth-order valence-corrected chi connectivity index (χ4v) is 1.65. The Morgan fingerprint density at radius 1 is 1.22 bits per heavy atom. The van der Waals surface area contributed by atoms with E-state index in [1.807, 2.05) is 0 Å². The second kappa shape index (κ2) is 4.12. The second-order valence-electron chi connectivity index (χ2n) is 4.04. The Morgan fingerprint density at radius 2 is 1.89 bits per heavy atom. The van der Waals surface area contributed by atoms with Gasteiger partial charge in [0.05, 0.1) is 5.56 Å². The molecule has 0 atom stereocenters. The van der Waals surface area contributed by atoms with E-state index in [0.29, 0.717) is 5.56 Å². The van der Waals surface area contributed by atoms with Crippen molar-refractivity contribution in [2.75, 3.05) is 0 Å². The molecule has 0 fully saturated rings. The van der Waals surface area contributed by atoms with E-state index >= 15 is 0 Å². The molecule has 2 aromatic rings. The summed E-state index contributed by atoms with van der Waals surface area (Å²) in [6, 6.07) is 4.31. The molecule has 2 nitrogen and oxygen atoms in total. The van der Waals surface area contributed by atoms with Crippen molar-refractivity contribution in [2.24, 2.45) is 7.05 Å². The van der Waals surface area contributed by atoms with E-state index in [4.69, 9.17) is 0 Å². The summed E-state index contributed by atoms with van der Waals surface area (Å²) in [6.07, 6.45) is -3.69. The maximum atomic E-state index is 13.7. The summed E-state index contributed by atoms with van der Waals surface area (Å²) < 4.78 is 52.3. The highest BCUT2D eigenvalue weighted by atomic mass is 19.4. The number of imidazole rings is 1. The van der Waals surface area contributed by atoms with Crippen molar-refractivity contribution in [1.29, 1.82) is 0 Å². The number of benzene rings is 1. The van der Waals surface area contributed by atoms with Gasteiger partial charge in [-0.2, -0.15) is 13.2 Å². The first-order chi connectivity index (χ1) is 8.29. The van der Waals surface area contributed by atoms with E-state index in [9.17, 15) is 17.6 Å². The molecule has 2 rings (SSSR count). The van der Waals surface area contributed by atoms with Crippen LogP contribution in [-0.4, -0.2) is 9.55 Å². The molecule has 0 bridgehead atoms. The summed E-state index contributed by atoms with van der Waals surface area (Å²) in [6.45, 7) is 1.70. The molecule has 6 heteroatoms. The Kier molecular flexibility index (Phi) is 2.88. The van der Waals surface area contributed by atoms with Crippen LogP contribution in [0.3, 0.4) is 0 Å². The highest BCUT2D eigenvalue weighted by Gasteiger charge is 2.34. The smallest absolute Gasteiger partial charge is 0.333 e. The lowest BCUT2D eigenvalue weighted by atomic mass is 10.1. The largest absolute Gasteiger partial charge is 0.434 e. The summed E-state index contributed by atoms with van der Waals surface area (Å²) >= 11 is 0. The third-order valence-corrected chi connectivity index (χ3v) is 2.53. The molecule has 0 aliphatic heterocycles. The van der Waals surface area contributed by atoms with Gasteiger partial charge in [0.2, 0.25) is 0 Å². The quantitative estimate of drug-likeness (QED) is 0.715. The number of alkyl halides is 3. The summed E-state index contributed by atoms with van der Waals surface area (Å²) in [4.78, 5) is 3.44. The van der Waals surface area contributed by atoms with Crippen LogP contribution in [0.1, 0.15) is 11.3 Å². The van der Waals surface area contributed by atoms with Crippen LogP contribution in [0.15, 0.2) is 24.4 Å². The van der Waals surface area contributed by atoms with Crippen LogP contribution in [0, 0.1) is 12.7 Å². The van der Waals surface area contributed by atoms with Gasteiger partial charge in [-0.15, -0.1) is 0 Å². The number of halogens is 4. The Bertz CT molecular complexity index is 584. The molecule has 18 heavy (non-hydrogen) atoms. The van der Waals surface area contributed by atoms with Crippen molar-refractivity contribution in [1.82, 2.24) is 9.55 Å². The Hall–Kier alpha value is -1.85. The molecule has 0 saturated heterocycles. The predicted octanol–water partition coefficient (Wildman–Crippen LogP) is 3.55. The molecule has 0 aliphatic rings. The van der Waals surface area contributed by atoms with E-state index in [1.165, 1.54) is 19.2 Å². The number of aryl methyl sites for hydroxylation is 2. The van der Waals surface area contributed by atoms with Crippen molar-refractivity contribution < 1.29 is 17.6 Å².